The van der Waals surface area contributed by atoms with Gasteiger partial charge in [0.15, 0.2) is 0 Å². The summed E-state index contributed by atoms with van der Waals surface area (Å²) in [6.45, 7) is 8.70. The molecule has 0 radical (unpaired) electrons. The molecule has 1 atom stereocenters. The van der Waals surface area contributed by atoms with Crippen LogP contribution in [-0.4, -0.2) is 85.5 Å². The normalized spacial score (nSPS) is 20.3. The summed E-state index contributed by atoms with van der Waals surface area (Å²) in [7, 11) is 3.87. The predicted octanol–water partition coefficient (Wildman–Crippen LogP) is 4.07. The number of anilines is 3. The van der Waals surface area contributed by atoms with Crippen molar-refractivity contribution in [2.75, 3.05) is 62.1 Å². The highest BCUT2D eigenvalue weighted by Gasteiger charge is 2.49. The minimum absolute atomic E-state index is 0.0903. The summed E-state index contributed by atoms with van der Waals surface area (Å²) in [6, 6.07) is 5.95. The number of rotatable bonds is 8. The molecule has 1 N–H and O–H groups in total. The van der Waals surface area contributed by atoms with Crippen LogP contribution in [-0.2, 0) is 19.7 Å². The van der Waals surface area contributed by atoms with Gasteiger partial charge < -0.3 is 29.5 Å². The van der Waals surface area contributed by atoms with Crippen LogP contribution >= 0.6 is 0 Å². The standard InChI is InChI=1S/C30H42N6O4/c1-29(2,3)40-28(38)36(17-21-8-9-21)24-7-6-12-35(18-24)23-10-11-26(32-16-23)30(19-39-20-30)27(37)33-22-13-25(34(4)5)15-31-14-22/h10-11,13-16,21,24H,6-9,12,17-20H2,1-5H3,(H,33,37)/t24-/m1/s1. The number of nitrogens with zero attached hydrogens (tertiary/aromatic N) is 5. The zero-order valence-corrected chi connectivity index (χ0v) is 24.4. The molecule has 216 valence electrons. The van der Waals surface area contributed by atoms with E-state index in [1.54, 1.807) is 12.4 Å². The monoisotopic (exact) mass is 550 g/mol. The van der Waals surface area contributed by atoms with Gasteiger partial charge in [-0.1, -0.05) is 0 Å². The maximum absolute atomic E-state index is 13.4. The van der Waals surface area contributed by atoms with Gasteiger partial charge >= 0.3 is 6.09 Å². The van der Waals surface area contributed by atoms with Crippen molar-refractivity contribution in [2.45, 2.75) is 63.5 Å². The third kappa shape index (κ3) is 6.32. The first kappa shape index (κ1) is 28.1. The molecular formula is C30H42N6O4. The Labute approximate surface area is 237 Å². The molecule has 5 rings (SSSR count). The molecule has 2 aromatic heterocycles. The molecule has 10 heteroatoms. The first-order valence-corrected chi connectivity index (χ1v) is 14.3. The number of piperidine rings is 1. The van der Waals surface area contributed by atoms with Crippen molar-refractivity contribution in [1.29, 1.82) is 0 Å². The molecule has 2 amide bonds. The van der Waals surface area contributed by atoms with Crippen LogP contribution in [0.5, 0.6) is 0 Å². The van der Waals surface area contributed by atoms with Crippen LogP contribution in [0.2, 0.25) is 0 Å². The van der Waals surface area contributed by atoms with Crippen molar-refractivity contribution in [3.8, 4) is 0 Å². The summed E-state index contributed by atoms with van der Waals surface area (Å²) in [6.07, 6.45) is 9.32. The van der Waals surface area contributed by atoms with E-state index >= 15 is 0 Å². The summed E-state index contributed by atoms with van der Waals surface area (Å²) in [5, 5.41) is 3.01. The number of carbonyl (C=O) groups excluding carboxylic acids is 2. The van der Waals surface area contributed by atoms with E-state index in [0.717, 1.165) is 43.9 Å². The van der Waals surface area contributed by atoms with Crippen LogP contribution in [0.15, 0.2) is 36.8 Å². The Bertz CT molecular complexity index is 1200. The number of hydrogen-bond donors (Lipinski definition) is 1. The highest BCUT2D eigenvalue weighted by atomic mass is 16.6. The molecule has 1 aliphatic carbocycles. The Balaban J connectivity index is 1.28. The van der Waals surface area contributed by atoms with Crippen LogP contribution in [0, 0.1) is 5.92 Å². The number of pyridine rings is 2. The van der Waals surface area contributed by atoms with Crippen molar-refractivity contribution in [3.05, 3.63) is 42.5 Å². The number of carbonyl (C=O) groups is 2. The first-order valence-electron chi connectivity index (χ1n) is 14.3. The first-order chi connectivity index (χ1) is 19.0. The number of nitrogens with one attached hydrogen (secondary N) is 1. The summed E-state index contributed by atoms with van der Waals surface area (Å²) in [4.78, 5) is 41.7. The minimum Gasteiger partial charge on any atom is -0.444 e. The Hall–Kier alpha value is -3.40. The second kappa shape index (κ2) is 11.2. The third-order valence-corrected chi connectivity index (χ3v) is 7.85. The van der Waals surface area contributed by atoms with E-state index in [4.69, 9.17) is 14.5 Å². The summed E-state index contributed by atoms with van der Waals surface area (Å²) in [5.41, 5.74) is 1.86. The van der Waals surface area contributed by atoms with Gasteiger partial charge in [-0.25, -0.2) is 4.79 Å². The number of ether oxygens (including phenoxy) is 2. The highest BCUT2D eigenvalue weighted by Crippen LogP contribution is 2.35. The quantitative estimate of drug-likeness (QED) is 0.525. The van der Waals surface area contributed by atoms with E-state index in [-0.39, 0.29) is 31.3 Å². The van der Waals surface area contributed by atoms with Crippen molar-refractivity contribution in [1.82, 2.24) is 14.9 Å². The van der Waals surface area contributed by atoms with Crippen molar-refractivity contribution >= 4 is 29.1 Å². The van der Waals surface area contributed by atoms with Crippen molar-refractivity contribution < 1.29 is 19.1 Å². The van der Waals surface area contributed by atoms with E-state index in [1.165, 1.54) is 12.8 Å². The molecule has 0 spiro atoms. The topological polar surface area (TPSA) is 100 Å². The van der Waals surface area contributed by atoms with Crippen LogP contribution in [0.1, 0.15) is 52.1 Å². The third-order valence-electron chi connectivity index (χ3n) is 7.85. The van der Waals surface area contributed by atoms with Crippen molar-refractivity contribution in [3.63, 3.8) is 0 Å². The Morgan fingerprint density at radius 3 is 2.52 bits per heavy atom. The second-order valence-corrected chi connectivity index (χ2v) is 12.6. The summed E-state index contributed by atoms with van der Waals surface area (Å²) < 4.78 is 11.3. The van der Waals surface area contributed by atoms with Gasteiger partial charge in [-0.2, -0.15) is 0 Å². The van der Waals surface area contributed by atoms with E-state index in [1.807, 2.05) is 69.1 Å². The van der Waals surface area contributed by atoms with Crippen LogP contribution in [0.4, 0.5) is 21.9 Å². The smallest absolute Gasteiger partial charge is 0.410 e. The largest absolute Gasteiger partial charge is 0.444 e. The molecule has 1 saturated carbocycles. The molecule has 0 aromatic carbocycles. The Kier molecular flexibility index (Phi) is 7.90. The molecule has 2 aliphatic heterocycles. The van der Waals surface area contributed by atoms with Gasteiger partial charge in [-0.3, -0.25) is 14.8 Å². The predicted molar refractivity (Wildman–Crippen MR) is 155 cm³/mol. The average molecular weight is 551 g/mol. The van der Waals surface area contributed by atoms with Gasteiger partial charge in [0.25, 0.3) is 0 Å². The molecule has 3 fully saturated rings. The fourth-order valence-electron chi connectivity index (χ4n) is 5.26. The Morgan fingerprint density at radius 2 is 1.93 bits per heavy atom. The van der Waals surface area contributed by atoms with Gasteiger partial charge in [0, 0.05) is 33.7 Å². The van der Waals surface area contributed by atoms with E-state index in [2.05, 4.69) is 15.2 Å². The number of amides is 2. The molecule has 4 heterocycles. The van der Waals surface area contributed by atoms with Gasteiger partial charge in [0.1, 0.15) is 11.0 Å². The van der Waals surface area contributed by atoms with E-state index in [0.29, 0.717) is 17.3 Å². The fraction of sp³-hybridized carbons (Fsp3) is 0.600. The minimum atomic E-state index is -0.838. The second-order valence-electron chi connectivity index (χ2n) is 12.6. The van der Waals surface area contributed by atoms with Crippen LogP contribution in [0.3, 0.4) is 0 Å². The maximum atomic E-state index is 13.4. The highest BCUT2D eigenvalue weighted by molar-refractivity contribution is 6.00. The molecule has 0 bridgehead atoms. The molecule has 3 aliphatic rings. The van der Waals surface area contributed by atoms with Gasteiger partial charge in [-0.05, 0) is 70.6 Å². The summed E-state index contributed by atoms with van der Waals surface area (Å²) in [5.74, 6) is 0.430. The zero-order valence-electron chi connectivity index (χ0n) is 24.4. The fourth-order valence-corrected chi connectivity index (χ4v) is 5.26. The SMILES string of the molecule is CN(C)c1cncc(NC(=O)C2(c3ccc(N4CCC[C@@H](N(CC5CC5)C(=O)OC(C)(C)C)C4)cn3)COC2)c1. The van der Waals surface area contributed by atoms with Crippen molar-refractivity contribution in [2.24, 2.45) is 5.92 Å². The lowest BCUT2D eigenvalue weighted by Gasteiger charge is -2.41. The van der Waals surface area contributed by atoms with Gasteiger partial charge in [-0.15, -0.1) is 0 Å². The molecular weight excluding hydrogens is 508 g/mol. The Morgan fingerprint density at radius 1 is 1.15 bits per heavy atom. The zero-order chi connectivity index (χ0) is 28.5. The lowest BCUT2D eigenvalue weighted by Crippen LogP contribution is -2.56. The van der Waals surface area contributed by atoms with E-state index < -0.39 is 11.0 Å². The number of hydrogen-bond acceptors (Lipinski definition) is 8. The molecule has 2 aromatic rings. The summed E-state index contributed by atoms with van der Waals surface area (Å²) >= 11 is 0. The van der Waals surface area contributed by atoms with Crippen LogP contribution < -0.4 is 15.1 Å². The molecule has 10 nitrogen and oxygen atoms in total. The average Bonchev–Trinajstić information content (AvgIpc) is 3.70. The number of aromatic nitrogens is 2. The maximum Gasteiger partial charge on any atom is 0.410 e. The molecule has 40 heavy (non-hydrogen) atoms. The van der Waals surface area contributed by atoms with Gasteiger partial charge in [0.2, 0.25) is 5.91 Å². The lowest BCUT2D eigenvalue weighted by atomic mass is 9.80. The molecule has 0 unspecified atom stereocenters. The van der Waals surface area contributed by atoms with Gasteiger partial charge in [0.05, 0.1) is 60.6 Å². The molecule has 2 saturated heterocycles. The van der Waals surface area contributed by atoms with E-state index in [9.17, 15) is 9.59 Å². The lowest BCUT2D eigenvalue weighted by molar-refractivity contribution is -0.140. The van der Waals surface area contributed by atoms with Crippen LogP contribution in [0.25, 0.3) is 0 Å².